The molecule has 0 aliphatic rings. The summed E-state index contributed by atoms with van der Waals surface area (Å²) >= 11 is 0. The van der Waals surface area contributed by atoms with Crippen LogP contribution in [0.4, 0.5) is 0 Å². The molecule has 0 N–H and O–H groups in total. The molecule has 4 heavy (non-hydrogen) atoms. The van der Waals surface area contributed by atoms with E-state index in [1.807, 2.05) is 0 Å². The Bertz CT molecular complexity index is 8.00. The van der Waals surface area contributed by atoms with Gasteiger partial charge >= 0.3 is 83.2 Å². The van der Waals surface area contributed by atoms with Gasteiger partial charge in [-0.3, -0.25) is 0 Å². The Morgan fingerprint density at radius 3 is 1.00 bits per heavy atom. The van der Waals surface area contributed by atoms with Crippen LogP contribution in [0, 0.1) is 40.8 Å². The van der Waals surface area contributed by atoms with E-state index in [9.17, 15) is 0 Å². The summed E-state index contributed by atoms with van der Waals surface area (Å²) in [5, 5.41) is 0. The maximum atomic E-state index is 0. The summed E-state index contributed by atoms with van der Waals surface area (Å²) in [7, 11) is 0. The van der Waals surface area contributed by atoms with Gasteiger partial charge in [-0.15, -0.1) is 0 Å². The monoisotopic (exact) mass is 304 g/mol. The number of hydrogen-bond acceptors (Lipinski definition) is 0. The van der Waals surface area contributed by atoms with Gasteiger partial charge in [-0.05, 0) is 0 Å². The van der Waals surface area contributed by atoms with Gasteiger partial charge in [0.05, 0.1) is 0 Å². The summed E-state index contributed by atoms with van der Waals surface area (Å²) in [5.74, 6) is 0. The molecule has 0 atom stereocenters. The molecule has 0 amide bonds. The van der Waals surface area contributed by atoms with Crippen molar-refractivity contribution in [2.45, 2.75) is 0 Å². The summed E-state index contributed by atoms with van der Waals surface area (Å²) in [6, 6.07) is 0. The summed E-state index contributed by atoms with van der Waals surface area (Å²) < 4.78 is 0. The van der Waals surface area contributed by atoms with Crippen molar-refractivity contribution in [2.75, 3.05) is 0 Å². The van der Waals surface area contributed by atoms with Gasteiger partial charge in [-0.25, -0.2) is 0 Å². The zero-order valence-corrected chi connectivity index (χ0v) is 3.71. The molecule has 0 spiro atoms. The van der Waals surface area contributed by atoms with Gasteiger partial charge in [-0.2, -0.15) is 0 Å². The molecule has 4 heteroatoms. The van der Waals surface area contributed by atoms with Crippen LogP contribution >= 0.6 is 0 Å². The summed E-state index contributed by atoms with van der Waals surface area (Å²) in [6.07, 6.45) is 0. The van der Waals surface area contributed by atoms with Crippen LogP contribution in [-0.2, 0) is 0 Å². The normalized spacial score (nSPS) is 0. The molecular weight excluding hydrogens is 299 g/mol. The average molecular weight is 306 g/mol. The fourth-order valence-corrected chi connectivity index (χ4v) is 0. The molecule has 0 aliphatic heterocycles. The van der Waals surface area contributed by atoms with E-state index in [4.69, 9.17) is 0 Å². The standard InChI is InChI=1S/Al.Ca.Nd.Sr.7H. The molecule has 0 heterocycles. The van der Waals surface area contributed by atoms with Crippen molar-refractivity contribution < 1.29 is 40.8 Å². The zero-order valence-electron chi connectivity index (χ0n) is 0.500. The topological polar surface area (TPSA) is 0 Å². The van der Waals surface area contributed by atoms with E-state index in [-0.39, 0.29) is 141 Å². The average Bonchev–Trinajstić information content (AvgIpc) is 0. The van der Waals surface area contributed by atoms with Gasteiger partial charge in [-0.1, -0.05) is 0 Å². The zero-order chi connectivity index (χ0) is 0. The molecule has 0 saturated heterocycles. The van der Waals surface area contributed by atoms with Gasteiger partial charge in [0.15, 0.2) is 17.4 Å². The van der Waals surface area contributed by atoms with E-state index in [1.165, 1.54) is 0 Å². The predicted octanol–water partition coefficient (Wildman–Crippen LogP) is -3.02. The van der Waals surface area contributed by atoms with Crippen molar-refractivity contribution >= 4 is 101 Å². The molecule has 0 aromatic rings. The van der Waals surface area contributed by atoms with Crippen molar-refractivity contribution in [3.63, 3.8) is 0 Å². The minimum atomic E-state index is 0. The van der Waals surface area contributed by atoms with Crippen molar-refractivity contribution in [1.29, 1.82) is 0 Å². The van der Waals surface area contributed by atoms with Crippen molar-refractivity contribution in [3.8, 4) is 0 Å². The first-order chi connectivity index (χ1) is 0. The van der Waals surface area contributed by atoms with Crippen molar-refractivity contribution in [3.05, 3.63) is 0 Å². The number of hydrogen-bond donors (Lipinski definition) is 0. The molecule has 18 valence electrons. The van der Waals surface area contributed by atoms with Gasteiger partial charge in [0.1, 0.15) is 0 Å². The molecule has 0 aromatic carbocycles. The first-order valence-electron chi connectivity index (χ1n) is 0. The van der Waals surface area contributed by atoms with E-state index in [0.29, 0.717) is 0 Å². The van der Waals surface area contributed by atoms with E-state index >= 15 is 0 Å². The molecule has 0 unspecified atom stereocenters. The third-order valence-corrected chi connectivity index (χ3v) is 0. The molecule has 0 fully saturated rings. The fraction of sp³-hybridized carbons (Fsp3) is 0. The fourth-order valence-electron chi connectivity index (χ4n) is 0. The van der Waals surface area contributed by atoms with Crippen LogP contribution in [0.2, 0.25) is 0 Å². The second-order valence-corrected chi connectivity index (χ2v) is 0. The molecule has 0 aliphatic carbocycles. The molecule has 0 radical (unpaired) electrons. The van der Waals surface area contributed by atoms with Crippen LogP contribution < -0.4 is 0 Å². The number of rotatable bonds is 0. The van der Waals surface area contributed by atoms with Gasteiger partial charge < -0.3 is 0 Å². The van der Waals surface area contributed by atoms with E-state index in [2.05, 4.69) is 0 Å². The van der Waals surface area contributed by atoms with E-state index < -0.39 is 0 Å². The first-order valence-corrected chi connectivity index (χ1v) is 0. The third kappa shape index (κ3) is 9.80. The second-order valence-electron chi connectivity index (χ2n) is 0. The molecular formula is H7AlCaNdSr. The second kappa shape index (κ2) is 15.6. The quantitative estimate of drug-likeness (QED) is 0.418. The van der Waals surface area contributed by atoms with Crippen LogP contribution in [0.15, 0.2) is 0 Å². The molecule has 0 rings (SSSR count). The SMILES string of the molecule is [AlH3].[CaH2].[Nd].[SrH2]. The molecule has 0 saturated carbocycles. The van der Waals surface area contributed by atoms with Crippen molar-refractivity contribution in [1.82, 2.24) is 0 Å². The third-order valence-electron chi connectivity index (χ3n) is 0. The molecule has 0 bridgehead atoms. The Balaban J connectivity index is 0. The Hall–Kier alpha value is 4.62. The first kappa shape index (κ1) is 23.4. The summed E-state index contributed by atoms with van der Waals surface area (Å²) in [5.41, 5.74) is 0. The summed E-state index contributed by atoms with van der Waals surface area (Å²) in [6.45, 7) is 0. The van der Waals surface area contributed by atoms with Crippen molar-refractivity contribution in [2.24, 2.45) is 0 Å². The Morgan fingerprint density at radius 1 is 1.00 bits per heavy atom. The maximum absolute atomic E-state index is 0. The van der Waals surface area contributed by atoms with Crippen LogP contribution in [0.5, 0.6) is 0 Å². The van der Waals surface area contributed by atoms with Gasteiger partial charge in [0.2, 0.25) is 0 Å². The Labute approximate surface area is 137 Å². The molecule has 0 nitrogen and oxygen atoms in total. The van der Waals surface area contributed by atoms with Gasteiger partial charge in [0.25, 0.3) is 0 Å². The van der Waals surface area contributed by atoms with Crippen LogP contribution in [0.25, 0.3) is 0 Å². The minimum absolute atomic E-state index is 0. The van der Waals surface area contributed by atoms with E-state index in [0.717, 1.165) is 0 Å². The Morgan fingerprint density at radius 2 is 1.00 bits per heavy atom. The van der Waals surface area contributed by atoms with Crippen LogP contribution in [0.1, 0.15) is 0 Å². The van der Waals surface area contributed by atoms with E-state index in [1.54, 1.807) is 0 Å². The summed E-state index contributed by atoms with van der Waals surface area (Å²) in [4.78, 5) is 0. The van der Waals surface area contributed by atoms with Crippen LogP contribution in [-0.4, -0.2) is 101 Å². The Kier molecular flexibility index (Phi) is 91.7. The molecule has 0 aromatic heterocycles. The van der Waals surface area contributed by atoms with Crippen LogP contribution in [0.3, 0.4) is 0 Å². The van der Waals surface area contributed by atoms with Gasteiger partial charge in [0, 0.05) is 40.8 Å². The predicted molar refractivity (Wildman–Crippen MR) is 27.0 cm³/mol.